The van der Waals surface area contributed by atoms with Gasteiger partial charge >= 0.3 is 6.09 Å². The summed E-state index contributed by atoms with van der Waals surface area (Å²) in [6.07, 6.45) is 0.384. The minimum atomic E-state index is -4.13. The summed E-state index contributed by atoms with van der Waals surface area (Å²) in [4.78, 5) is 15.0. The van der Waals surface area contributed by atoms with Crippen molar-refractivity contribution in [2.24, 2.45) is 0 Å². The molecule has 0 unspecified atom stereocenters. The average molecular weight is 439 g/mol. The number of benzene rings is 1. The normalized spacial score (nSPS) is 11.3. The Morgan fingerprint density at radius 2 is 2.03 bits per heavy atom. The summed E-state index contributed by atoms with van der Waals surface area (Å²) < 4.78 is 46.7. The van der Waals surface area contributed by atoms with E-state index < -0.39 is 21.7 Å². The van der Waals surface area contributed by atoms with Crippen LogP contribution >= 0.6 is 11.6 Å². The number of carbonyl (C=O) groups is 1. The Morgan fingerprint density at radius 1 is 1.28 bits per heavy atom. The van der Waals surface area contributed by atoms with Crippen LogP contribution in [-0.4, -0.2) is 36.3 Å². The molecule has 3 rings (SSSR count). The number of pyridine rings is 1. The lowest BCUT2D eigenvalue weighted by Gasteiger charge is -2.10. The van der Waals surface area contributed by atoms with Gasteiger partial charge in [-0.2, -0.15) is 5.10 Å². The van der Waals surface area contributed by atoms with Gasteiger partial charge in [-0.1, -0.05) is 17.7 Å². The van der Waals surface area contributed by atoms with Crippen molar-refractivity contribution in [3.63, 3.8) is 0 Å². The van der Waals surface area contributed by atoms with Gasteiger partial charge in [-0.05, 0) is 36.8 Å². The molecule has 2 aromatic heterocycles. The smallest absolute Gasteiger partial charge is 0.407 e. The second kappa shape index (κ2) is 8.18. The highest BCUT2D eigenvalue weighted by atomic mass is 35.5. The molecule has 0 aliphatic rings. The minimum Gasteiger partial charge on any atom is -0.443 e. The van der Waals surface area contributed by atoms with Crippen LogP contribution in [0, 0.1) is 12.7 Å². The summed E-state index contributed by atoms with van der Waals surface area (Å²) in [5.74, 6) is -0.664. The zero-order valence-corrected chi connectivity index (χ0v) is 17.0. The summed E-state index contributed by atoms with van der Waals surface area (Å²) in [5, 5.41) is 6.24. The topological polar surface area (TPSA) is 103 Å². The maximum absolute atomic E-state index is 14.5. The Bertz CT molecular complexity index is 1160. The number of nitrogens with one attached hydrogen (secondary N) is 1. The SMILES string of the molecule is CNC(=O)OCc1cc(S(=O)(=O)c2ccc(Cl)nc2)n(-c2cc(C)ccc2F)n1. The minimum absolute atomic E-state index is 0.0586. The first-order valence-electron chi connectivity index (χ1n) is 8.29. The highest BCUT2D eigenvalue weighted by Crippen LogP contribution is 2.26. The van der Waals surface area contributed by atoms with Crippen molar-refractivity contribution in [1.82, 2.24) is 20.1 Å². The monoisotopic (exact) mass is 438 g/mol. The molecule has 29 heavy (non-hydrogen) atoms. The highest BCUT2D eigenvalue weighted by molar-refractivity contribution is 7.91. The molecule has 11 heteroatoms. The van der Waals surface area contributed by atoms with Gasteiger partial charge in [0.05, 0.1) is 4.90 Å². The fourth-order valence-electron chi connectivity index (χ4n) is 2.48. The Hall–Kier alpha value is -2.98. The molecular weight excluding hydrogens is 423 g/mol. The first kappa shape index (κ1) is 20.7. The van der Waals surface area contributed by atoms with E-state index in [2.05, 4.69) is 15.4 Å². The number of carbonyl (C=O) groups excluding carboxylic acids is 1. The zero-order chi connectivity index (χ0) is 21.2. The van der Waals surface area contributed by atoms with Crippen molar-refractivity contribution in [3.05, 3.63) is 64.8 Å². The van der Waals surface area contributed by atoms with E-state index >= 15 is 0 Å². The molecular formula is C18H16ClFN4O4S. The molecule has 0 atom stereocenters. The number of hydrogen-bond acceptors (Lipinski definition) is 6. The summed E-state index contributed by atoms with van der Waals surface area (Å²) in [5.41, 5.74) is 0.767. The van der Waals surface area contributed by atoms with Crippen molar-refractivity contribution in [1.29, 1.82) is 0 Å². The fraction of sp³-hybridized carbons (Fsp3) is 0.167. The van der Waals surface area contributed by atoms with Crippen LogP contribution in [0.1, 0.15) is 11.3 Å². The highest BCUT2D eigenvalue weighted by Gasteiger charge is 2.27. The lowest BCUT2D eigenvalue weighted by atomic mass is 10.2. The van der Waals surface area contributed by atoms with E-state index in [-0.39, 0.29) is 33.1 Å². The molecule has 152 valence electrons. The quantitative estimate of drug-likeness (QED) is 0.614. The van der Waals surface area contributed by atoms with E-state index in [1.165, 1.54) is 37.4 Å². The van der Waals surface area contributed by atoms with Crippen molar-refractivity contribution >= 4 is 27.5 Å². The van der Waals surface area contributed by atoms with Crippen molar-refractivity contribution in [3.8, 4) is 5.69 Å². The molecule has 1 N–H and O–H groups in total. The second-order valence-corrected chi connectivity index (χ2v) is 8.27. The molecule has 1 aromatic carbocycles. The predicted octanol–water partition coefficient (Wildman–Crippen LogP) is 3.06. The van der Waals surface area contributed by atoms with Crippen LogP contribution in [0.25, 0.3) is 5.69 Å². The van der Waals surface area contributed by atoms with Gasteiger partial charge in [-0.15, -0.1) is 0 Å². The third-order valence-electron chi connectivity index (χ3n) is 3.90. The maximum atomic E-state index is 14.5. The maximum Gasteiger partial charge on any atom is 0.407 e. The van der Waals surface area contributed by atoms with Gasteiger partial charge in [0.2, 0.25) is 9.84 Å². The van der Waals surface area contributed by atoms with E-state index in [0.29, 0.717) is 5.56 Å². The molecule has 8 nitrogen and oxygen atoms in total. The van der Waals surface area contributed by atoms with Gasteiger partial charge in [0.1, 0.15) is 29.0 Å². The second-order valence-electron chi connectivity index (χ2n) is 5.99. The van der Waals surface area contributed by atoms with Gasteiger partial charge in [-0.3, -0.25) is 0 Å². The van der Waals surface area contributed by atoms with E-state index in [0.717, 1.165) is 10.9 Å². The Morgan fingerprint density at radius 3 is 2.69 bits per heavy atom. The number of ether oxygens (including phenoxy) is 1. The fourth-order valence-corrected chi connectivity index (χ4v) is 3.93. The summed E-state index contributed by atoms with van der Waals surface area (Å²) in [6.45, 7) is 1.43. The number of halogens is 2. The Balaban J connectivity index is 2.15. The molecule has 0 radical (unpaired) electrons. The van der Waals surface area contributed by atoms with Crippen molar-refractivity contribution < 1.29 is 22.3 Å². The first-order valence-corrected chi connectivity index (χ1v) is 10.1. The standard InChI is InChI=1S/C18H16ClFN4O4S/c1-11-3-5-14(20)15(7-11)24-17(8-12(23-24)10-28-18(25)21-2)29(26,27)13-4-6-16(19)22-9-13/h3-9H,10H2,1-2H3,(H,21,25). The van der Waals surface area contributed by atoms with E-state index in [1.54, 1.807) is 13.0 Å². The number of hydrogen-bond donors (Lipinski definition) is 1. The number of sulfone groups is 1. The van der Waals surface area contributed by atoms with Gasteiger partial charge in [-0.25, -0.2) is 27.3 Å². The lowest BCUT2D eigenvalue weighted by Crippen LogP contribution is -2.19. The third kappa shape index (κ3) is 4.38. The molecule has 3 aromatic rings. The van der Waals surface area contributed by atoms with Gasteiger partial charge < -0.3 is 10.1 Å². The molecule has 0 bridgehead atoms. The molecule has 0 aliphatic carbocycles. The Kier molecular flexibility index (Phi) is 5.85. The van der Waals surface area contributed by atoms with Crippen LogP contribution < -0.4 is 5.32 Å². The number of alkyl carbamates (subject to hydrolysis) is 1. The first-order chi connectivity index (χ1) is 13.7. The summed E-state index contributed by atoms with van der Waals surface area (Å²) in [7, 11) is -2.75. The van der Waals surface area contributed by atoms with Gasteiger partial charge in [0.25, 0.3) is 0 Å². The zero-order valence-electron chi connectivity index (χ0n) is 15.4. The number of aromatic nitrogens is 3. The molecule has 1 amide bonds. The summed E-state index contributed by atoms with van der Waals surface area (Å²) in [6, 6.07) is 8.06. The van der Waals surface area contributed by atoms with Crippen LogP contribution in [0.15, 0.2) is 52.5 Å². The van der Waals surface area contributed by atoms with Crippen LogP contribution in [0.5, 0.6) is 0 Å². The average Bonchev–Trinajstić information content (AvgIpc) is 3.13. The molecule has 0 spiro atoms. The van der Waals surface area contributed by atoms with E-state index in [1.807, 2.05) is 0 Å². The molecule has 0 saturated heterocycles. The lowest BCUT2D eigenvalue weighted by molar-refractivity contribution is 0.140. The molecule has 2 heterocycles. The van der Waals surface area contributed by atoms with Crippen LogP contribution in [0.2, 0.25) is 5.15 Å². The van der Waals surface area contributed by atoms with Crippen LogP contribution in [-0.2, 0) is 21.2 Å². The van der Waals surface area contributed by atoms with E-state index in [4.69, 9.17) is 16.3 Å². The number of rotatable bonds is 5. The molecule has 0 saturated carbocycles. The van der Waals surface area contributed by atoms with Gasteiger partial charge in [0.15, 0.2) is 5.03 Å². The summed E-state index contributed by atoms with van der Waals surface area (Å²) >= 11 is 5.73. The molecule has 0 fully saturated rings. The van der Waals surface area contributed by atoms with Crippen molar-refractivity contribution in [2.75, 3.05) is 7.05 Å². The number of aryl methyl sites for hydroxylation is 1. The Labute approximate surface area is 171 Å². The third-order valence-corrected chi connectivity index (χ3v) is 5.83. The van der Waals surface area contributed by atoms with Crippen molar-refractivity contribution in [2.45, 2.75) is 23.5 Å². The largest absolute Gasteiger partial charge is 0.443 e. The van der Waals surface area contributed by atoms with E-state index in [9.17, 15) is 17.6 Å². The predicted molar refractivity (Wildman–Crippen MR) is 102 cm³/mol. The van der Waals surface area contributed by atoms with Gasteiger partial charge in [0, 0.05) is 19.3 Å². The van der Waals surface area contributed by atoms with Crippen LogP contribution in [0.4, 0.5) is 9.18 Å². The molecule has 0 aliphatic heterocycles. The number of amides is 1. The van der Waals surface area contributed by atoms with Crippen LogP contribution in [0.3, 0.4) is 0 Å². The number of nitrogens with zero attached hydrogens (tertiary/aromatic N) is 3.